The average Bonchev–Trinajstić information content (AvgIpc) is 2.72. The van der Waals surface area contributed by atoms with Gasteiger partial charge < -0.3 is 14.2 Å². The summed E-state index contributed by atoms with van der Waals surface area (Å²) < 4.78 is 18.0. The van der Waals surface area contributed by atoms with E-state index < -0.39 is 0 Å². The second kappa shape index (κ2) is 8.72. The van der Waals surface area contributed by atoms with Gasteiger partial charge in [0.15, 0.2) is 0 Å². The van der Waals surface area contributed by atoms with Crippen LogP contribution in [0, 0.1) is 0 Å². The van der Waals surface area contributed by atoms with E-state index in [9.17, 15) is 0 Å². The van der Waals surface area contributed by atoms with Crippen LogP contribution in [0.2, 0.25) is 0 Å². The topological polar surface area (TPSA) is 27.7 Å². The molecule has 2 heterocycles. The van der Waals surface area contributed by atoms with E-state index in [2.05, 4.69) is 36.4 Å². The zero-order chi connectivity index (χ0) is 18.6. The number of rotatable bonds is 4. The molecular formula is C22H24Cl2O3. The van der Waals surface area contributed by atoms with Gasteiger partial charge in [0.05, 0.1) is 5.03 Å². The second-order valence-electron chi connectivity index (χ2n) is 7.15. The molecule has 0 aromatic heterocycles. The van der Waals surface area contributed by atoms with Gasteiger partial charge in [-0.1, -0.05) is 59.6 Å². The van der Waals surface area contributed by atoms with Gasteiger partial charge in [-0.2, -0.15) is 0 Å². The monoisotopic (exact) mass is 406 g/mol. The Morgan fingerprint density at radius 3 is 2.70 bits per heavy atom. The van der Waals surface area contributed by atoms with E-state index in [-0.39, 0.29) is 12.2 Å². The lowest BCUT2D eigenvalue weighted by atomic mass is 9.83. The predicted molar refractivity (Wildman–Crippen MR) is 108 cm³/mol. The fraction of sp³-hybridized carbons (Fsp3) is 0.455. The Balaban J connectivity index is 1.62. The summed E-state index contributed by atoms with van der Waals surface area (Å²) in [6.45, 7) is 1.10. The van der Waals surface area contributed by atoms with Crippen LogP contribution in [-0.4, -0.2) is 19.3 Å². The van der Waals surface area contributed by atoms with Crippen molar-refractivity contribution in [3.63, 3.8) is 0 Å². The molecule has 2 aliphatic heterocycles. The molecule has 0 saturated carbocycles. The van der Waals surface area contributed by atoms with Gasteiger partial charge in [0.25, 0.3) is 0 Å². The summed E-state index contributed by atoms with van der Waals surface area (Å²) in [5.41, 5.74) is 2.53. The molecule has 3 aliphatic rings. The minimum atomic E-state index is -0.154. The third-order valence-electron chi connectivity index (χ3n) is 5.35. The van der Waals surface area contributed by atoms with Gasteiger partial charge >= 0.3 is 5.95 Å². The molecule has 0 amide bonds. The number of allylic oxidation sites excluding steroid dienone is 4. The molecule has 27 heavy (non-hydrogen) atoms. The molecule has 1 aliphatic carbocycles. The summed E-state index contributed by atoms with van der Waals surface area (Å²) in [7, 11) is 0. The first-order chi connectivity index (χ1) is 13.2. The maximum absolute atomic E-state index is 6.28. The Labute approximate surface area is 170 Å². The quantitative estimate of drug-likeness (QED) is 0.548. The molecule has 4 rings (SSSR count). The Hall–Kier alpha value is -1.42. The number of hydrogen-bond acceptors (Lipinski definition) is 3. The van der Waals surface area contributed by atoms with Crippen molar-refractivity contribution in [3.8, 4) is 0 Å². The van der Waals surface area contributed by atoms with Gasteiger partial charge in [-0.15, -0.1) is 0 Å². The lowest BCUT2D eigenvalue weighted by Crippen LogP contribution is -2.31. The normalized spacial score (nSPS) is 28.5. The molecule has 0 spiro atoms. The summed E-state index contributed by atoms with van der Waals surface area (Å²) in [6.07, 6.45) is 11.5. The van der Waals surface area contributed by atoms with Crippen molar-refractivity contribution in [2.75, 3.05) is 13.2 Å². The maximum atomic E-state index is 6.28. The van der Waals surface area contributed by atoms with E-state index >= 15 is 0 Å². The lowest BCUT2D eigenvalue weighted by molar-refractivity contribution is -0.116. The molecule has 3 nitrogen and oxygen atoms in total. The molecule has 1 unspecified atom stereocenters. The van der Waals surface area contributed by atoms with E-state index in [1.165, 1.54) is 30.4 Å². The van der Waals surface area contributed by atoms with Crippen LogP contribution in [0.4, 0.5) is 0 Å². The van der Waals surface area contributed by atoms with Crippen LogP contribution in [0.3, 0.4) is 0 Å². The van der Waals surface area contributed by atoms with Crippen molar-refractivity contribution in [2.24, 2.45) is 0 Å². The van der Waals surface area contributed by atoms with Crippen molar-refractivity contribution in [2.45, 2.75) is 50.2 Å². The molecular weight excluding hydrogens is 383 g/mol. The largest absolute Gasteiger partial charge is 0.460 e. The van der Waals surface area contributed by atoms with Gasteiger partial charge in [-0.25, -0.2) is 0 Å². The highest BCUT2D eigenvalue weighted by Gasteiger charge is 2.34. The Morgan fingerprint density at radius 1 is 1.04 bits per heavy atom. The van der Waals surface area contributed by atoms with E-state index in [0.29, 0.717) is 28.5 Å². The predicted octanol–water partition coefficient (Wildman–Crippen LogP) is 6.31. The zero-order valence-corrected chi connectivity index (χ0v) is 16.7. The summed E-state index contributed by atoms with van der Waals surface area (Å²) >= 11 is 12.4. The van der Waals surface area contributed by atoms with Crippen molar-refractivity contribution >= 4 is 23.2 Å². The van der Waals surface area contributed by atoms with Gasteiger partial charge in [-0.3, -0.25) is 0 Å². The van der Waals surface area contributed by atoms with Crippen molar-refractivity contribution < 1.29 is 14.2 Å². The highest BCUT2D eigenvalue weighted by molar-refractivity contribution is 6.44. The van der Waals surface area contributed by atoms with Crippen molar-refractivity contribution in [1.29, 1.82) is 0 Å². The first-order valence-corrected chi connectivity index (χ1v) is 10.4. The maximum Gasteiger partial charge on any atom is 0.300 e. The molecule has 1 aromatic rings. The molecule has 0 N–H and O–H groups in total. The average molecular weight is 407 g/mol. The summed E-state index contributed by atoms with van der Waals surface area (Å²) in [5, 5.41) is 0.801. The Morgan fingerprint density at radius 2 is 1.89 bits per heavy atom. The first-order valence-electron chi connectivity index (χ1n) is 9.66. The Bertz CT molecular complexity index is 769. The van der Waals surface area contributed by atoms with Crippen LogP contribution in [-0.2, 0) is 14.2 Å². The molecule has 0 radical (unpaired) electrons. The molecule has 1 saturated heterocycles. The SMILES string of the molecule is ClC1=CCOC(OC2CCCO[C@H]2c2ccccc2[C@H]2C=CCCC2)=C1Cl. The highest BCUT2D eigenvalue weighted by atomic mass is 35.5. The smallest absolute Gasteiger partial charge is 0.300 e. The minimum absolute atomic E-state index is 0.143. The van der Waals surface area contributed by atoms with Gasteiger partial charge in [0, 0.05) is 12.5 Å². The number of halogens is 2. The van der Waals surface area contributed by atoms with Crippen molar-refractivity contribution in [1.82, 2.24) is 0 Å². The zero-order valence-electron chi connectivity index (χ0n) is 15.2. The van der Waals surface area contributed by atoms with Crippen LogP contribution >= 0.6 is 23.2 Å². The lowest BCUT2D eigenvalue weighted by Gasteiger charge is -2.35. The standard InChI is InChI=1S/C22H24Cl2O3/c23-18-12-14-26-22(20(18)24)27-19-11-6-13-25-21(19)17-10-5-4-9-16(17)15-7-2-1-3-8-15/h2,4-5,7,9-10,12,15,19,21H,1,3,6,8,11,13-14H2/t15-,19?,21-/m0/s1. The van der Waals surface area contributed by atoms with Crippen molar-refractivity contribution in [3.05, 3.63) is 69.6 Å². The minimum Gasteiger partial charge on any atom is -0.460 e. The first kappa shape index (κ1) is 18.9. The van der Waals surface area contributed by atoms with Crippen LogP contribution in [0.5, 0.6) is 0 Å². The third-order valence-corrected chi connectivity index (χ3v) is 6.15. The van der Waals surface area contributed by atoms with Crippen LogP contribution in [0.15, 0.2) is 58.5 Å². The van der Waals surface area contributed by atoms with Crippen LogP contribution < -0.4 is 0 Å². The fourth-order valence-corrected chi connectivity index (χ4v) is 4.32. The Kier molecular flexibility index (Phi) is 6.11. The molecule has 0 bridgehead atoms. The van der Waals surface area contributed by atoms with E-state index in [0.717, 1.165) is 19.4 Å². The number of ether oxygens (including phenoxy) is 3. The van der Waals surface area contributed by atoms with E-state index in [4.69, 9.17) is 37.4 Å². The third kappa shape index (κ3) is 4.21. The van der Waals surface area contributed by atoms with Crippen LogP contribution in [0.1, 0.15) is 55.3 Å². The van der Waals surface area contributed by atoms with E-state index in [1.54, 1.807) is 6.08 Å². The second-order valence-corrected chi connectivity index (χ2v) is 7.93. The van der Waals surface area contributed by atoms with E-state index in [1.807, 2.05) is 0 Å². The molecule has 144 valence electrons. The highest BCUT2D eigenvalue weighted by Crippen LogP contribution is 2.40. The van der Waals surface area contributed by atoms with Crippen LogP contribution in [0.25, 0.3) is 0 Å². The van der Waals surface area contributed by atoms with Gasteiger partial charge in [-0.05, 0) is 49.3 Å². The number of benzene rings is 1. The summed E-state index contributed by atoms with van der Waals surface area (Å²) in [6, 6.07) is 8.56. The molecule has 5 heteroatoms. The molecule has 1 aromatic carbocycles. The van der Waals surface area contributed by atoms with Gasteiger partial charge in [0.2, 0.25) is 0 Å². The molecule has 3 atom stereocenters. The van der Waals surface area contributed by atoms with Gasteiger partial charge in [0.1, 0.15) is 23.8 Å². The number of hydrogen-bond donors (Lipinski definition) is 0. The fourth-order valence-electron chi connectivity index (χ4n) is 4.01. The summed E-state index contributed by atoms with van der Waals surface area (Å²) in [5.74, 6) is 0.743. The summed E-state index contributed by atoms with van der Waals surface area (Å²) in [4.78, 5) is 0. The molecule has 1 fully saturated rings.